The van der Waals surface area contributed by atoms with E-state index in [-0.39, 0.29) is 0 Å². The van der Waals surface area contributed by atoms with Crippen molar-refractivity contribution in [1.82, 2.24) is 4.98 Å². The zero-order valence-corrected chi connectivity index (χ0v) is 13.8. The molecule has 0 aliphatic rings. The fourth-order valence-electron chi connectivity index (χ4n) is 1.62. The second kappa shape index (κ2) is 7.42. The number of carbonyl (C=O) groups is 2. The van der Waals surface area contributed by atoms with Gasteiger partial charge in [-0.1, -0.05) is 25.6 Å². The molecule has 1 aromatic heterocycles. The van der Waals surface area contributed by atoms with E-state index in [9.17, 15) is 9.59 Å². The van der Waals surface area contributed by atoms with Crippen molar-refractivity contribution in [2.45, 2.75) is 29.9 Å². The van der Waals surface area contributed by atoms with Crippen LogP contribution in [0.4, 0.5) is 5.69 Å². The van der Waals surface area contributed by atoms with E-state index in [0.717, 1.165) is 33.1 Å². The summed E-state index contributed by atoms with van der Waals surface area (Å²) in [6, 6.07) is 5.45. The lowest BCUT2D eigenvalue weighted by Crippen LogP contribution is -2.08. The Morgan fingerprint density at radius 2 is 2.23 bits per heavy atom. The monoisotopic (exact) mass is 336 g/mol. The molecule has 1 atom stereocenters. The standard InChI is InChI=1S/C15H16N2O3S2/c1-3-9(2)21-15-17-11-5-4-10(8-12(11)22-15)16-13(18)6-7-14(19)20/h4-9H,3H2,1-2H3,(H,16,18)(H,19,20). The van der Waals surface area contributed by atoms with E-state index in [2.05, 4.69) is 24.1 Å². The lowest BCUT2D eigenvalue weighted by Gasteiger charge is -2.02. The predicted octanol–water partition coefficient (Wildman–Crippen LogP) is 3.77. The molecule has 1 heterocycles. The number of carbonyl (C=O) groups excluding carboxylic acids is 1. The first-order chi connectivity index (χ1) is 10.5. The molecular formula is C15H16N2O3S2. The molecule has 0 aliphatic carbocycles. The number of rotatable bonds is 6. The van der Waals surface area contributed by atoms with E-state index >= 15 is 0 Å². The van der Waals surface area contributed by atoms with Gasteiger partial charge in [0, 0.05) is 23.1 Å². The number of carboxylic acid groups (broad SMARTS) is 1. The van der Waals surface area contributed by atoms with E-state index in [1.807, 2.05) is 12.1 Å². The molecule has 0 spiro atoms. The zero-order valence-electron chi connectivity index (χ0n) is 12.2. The van der Waals surface area contributed by atoms with E-state index < -0.39 is 11.9 Å². The number of hydrogen-bond acceptors (Lipinski definition) is 5. The summed E-state index contributed by atoms with van der Waals surface area (Å²) < 4.78 is 2.00. The predicted molar refractivity (Wildman–Crippen MR) is 90.6 cm³/mol. The second-order valence-corrected chi connectivity index (χ2v) is 7.38. The Bertz CT molecular complexity index is 725. The van der Waals surface area contributed by atoms with Gasteiger partial charge in [0.1, 0.15) is 0 Å². The first-order valence-corrected chi connectivity index (χ1v) is 8.46. The Hall–Kier alpha value is -1.86. The lowest BCUT2D eigenvalue weighted by molar-refractivity contribution is -0.131. The highest BCUT2D eigenvalue weighted by Crippen LogP contribution is 2.34. The number of benzene rings is 1. The van der Waals surface area contributed by atoms with Gasteiger partial charge in [-0.25, -0.2) is 9.78 Å². The molecule has 0 aliphatic heterocycles. The summed E-state index contributed by atoms with van der Waals surface area (Å²) in [7, 11) is 0. The third-order valence-corrected chi connectivity index (χ3v) is 5.27. The average molecular weight is 336 g/mol. The average Bonchev–Trinajstić information content (AvgIpc) is 2.86. The van der Waals surface area contributed by atoms with E-state index in [0.29, 0.717) is 10.9 Å². The minimum absolute atomic E-state index is 0.472. The minimum atomic E-state index is -1.15. The van der Waals surface area contributed by atoms with Crippen LogP contribution < -0.4 is 5.32 Å². The molecule has 2 N–H and O–H groups in total. The van der Waals surface area contributed by atoms with Crippen LogP contribution in [0, 0.1) is 0 Å². The molecule has 2 aromatic rings. The number of fused-ring (bicyclic) bond motifs is 1. The molecule has 0 saturated carbocycles. The number of amides is 1. The topological polar surface area (TPSA) is 79.3 Å². The van der Waals surface area contributed by atoms with E-state index in [1.54, 1.807) is 29.2 Å². The second-order valence-electron chi connectivity index (χ2n) is 4.66. The normalized spacial score (nSPS) is 12.6. The largest absolute Gasteiger partial charge is 0.478 e. The van der Waals surface area contributed by atoms with Crippen LogP contribution >= 0.6 is 23.1 Å². The zero-order chi connectivity index (χ0) is 16.1. The van der Waals surface area contributed by atoms with Crippen molar-refractivity contribution < 1.29 is 14.7 Å². The molecule has 1 unspecified atom stereocenters. The Kier molecular flexibility index (Phi) is 5.57. The molecule has 5 nitrogen and oxygen atoms in total. The molecular weight excluding hydrogens is 320 g/mol. The molecule has 0 bridgehead atoms. The van der Waals surface area contributed by atoms with Gasteiger partial charge in [-0.2, -0.15) is 0 Å². The van der Waals surface area contributed by atoms with Gasteiger partial charge >= 0.3 is 5.97 Å². The number of thioether (sulfide) groups is 1. The highest BCUT2D eigenvalue weighted by atomic mass is 32.2. The van der Waals surface area contributed by atoms with E-state index in [4.69, 9.17) is 5.11 Å². The molecule has 22 heavy (non-hydrogen) atoms. The van der Waals surface area contributed by atoms with Crippen LogP contribution in [-0.2, 0) is 9.59 Å². The molecule has 7 heteroatoms. The molecule has 0 radical (unpaired) electrons. The van der Waals surface area contributed by atoms with Crippen molar-refractivity contribution in [3.05, 3.63) is 30.4 Å². The third kappa shape index (κ3) is 4.57. The molecule has 1 amide bonds. The number of nitrogens with one attached hydrogen (secondary N) is 1. The van der Waals surface area contributed by atoms with Gasteiger partial charge in [0.2, 0.25) is 5.91 Å². The summed E-state index contributed by atoms with van der Waals surface area (Å²) in [4.78, 5) is 26.5. The van der Waals surface area contributed by atoms with Crippen LogP contribution in [-0.4, -0.2) is 27.2 Å². The Morgan fingerprint density at radius 1 is 1.45 bits per heavy atom. The highest BCUT2D eigenvalue weighted by molar-refractivity contribution is 8.01. The van der Waals surface area contributed by atoms with Gasteiger partial charge < -0.3 is 10.4 Å². The van der Waals surface area contributed by atoms with Crippen LogP contribution in [0.3, 0.4) is 0 Å². The summed E-state index contributed by atoms with van der Waals surface area (Å²) in [6.07, 6.45) is 2.88. The molecule has 116 valence electrons. The lowest BCUT2D eigenvalue weighted by atomic mass is 10.3. The number of anilines is 1. The number of carboxylic acids is 1. The number of nitrogens with zero attached hydrogens (tertiary/aromatic N) is 1. The van der Waals surface area contributed by atoms with Gasteiger partial charge in [-0.15, -0.1) is 11.3 Å². The fourth-order valence-corrected chi connectivity index (χ4v) is 3.97. The van der Waals surface area contributed by atoms with Crippen LogP contribution in [0.1, 0.15) is 20.3 Å². The van der Waals surface area contributed by atoms with Crippen LogP contribution in [0.15, 0.2) is 34.7 Å². The number of hydrogen-bond donors (Lipinski definition) is 2. The van der Waals surface area contributed by atoms with Gasteiger partial charge in [0.15, 0.2) is 4.34 Å². The van der Waals surface area contributed by atoms with Gasteiger partial charge in [-0.3, -0.25) is 4.79 Å². The fraction of sp³-hybridized carbons (Fsp3) is 0.267. The highest BCUT2D eigenvalue weighted by Gasteiger charge is 2.09. The Labute approximate surface area is 136 Å². The van der Waals surface area contributed by atoms with Gasteiger partial charge in [-0.05, 0) is 24.6 Å². The first-order valence-electron chi connectivity index (χ1n) is 6.77. The number of aromatic nitrogens is 1. The number of aliphatic carboxylic acids is 1. The molecule has 2 rings (SSSR count). The summed E-state index contributed by atoms with van der Waals surface area (Å²) in [5.41, 5.74) is 1.52. The number of thiazole rings is 1. The Morgan fingerprint density at radius 3 is 2.91 bits per heavy atom. The summed E-state index contributed by atoms with van der Waals surface area (Å²) in [5, 5.41) is 11.6. The van der Waals surface area contributed by atoms with Crippen molar-refractivity contribution in [3.63, 3.8) is 0 Å². The van der Waals surface area contributed by atoms with Gasteiger partial charge in [0.25, 0.3) is 0 Å². The van der Waals surface area contributed by atoms with Gasteiger partial charge in [0.05, 0.1) is 10.2 Å². The Balaban J connectivity index is 2.13. The van der Waals surface area contributed by atoms with Crippen molar-refractivity contribution >= 4 is 50.9 Å². The van der Waals surface area contributed by atoms with Crippen molar-refractivity contribution in [2.75, 3.05) is 5.32 Å². The molecule has 0 saturated heterocycles. The SMILES string of the molecule is CCC(C)Sc1nc2ccc(NC(=O)C=CC(=O)O)cc2s1. The summed E-state index contributed by atoms with van der Waals surface area (Å²) in [5.74, 6) is -1.62. The maximum absolute atomic E-state index is 11.6. The van der Waals surface area contributed by atoms with Crippen molar-refractivity contribution in [3.8, 4) is 0 Å². The maximum atomic E-state index is 11.6. The van der Waals surface area contributed by atoms with Crippen LogP contribution in [0.2, 0.25) is 0 Å². The minimum Gasteiger partial charge on any atom is -0.478 e. The van der Waals surface area contributed by atoms with Crippen molar-refractivity contribution in [1.29, 1.82) is 0 Å². The third-order valence-electron chi connectivity index (χ3n) is 2.89. The summed E-state index contributed by atoms with van der Waals surface area (Å²) >= 11 is 3.33. The smallest absolute Gasteiger partial charge is 0.328 e. The van der Waals surface area contributed by atoms with Crippen molar-refractivity contribution in [2.24, 2.45) is 0 Å². The quantitative estimate of drug-likeness (QED) is 0.620. The van der Waals surface area contributed by atoms with Crippen LogP contribution in [0.25, 0.3) is 10.2 Å². The summed E-state index contributed by atoms with van der Waals surface area (Å²) in [6.45, 7) is 4.31. The first kappa shape index (κ1) is 16.5. The van der Waals surface area contributed by atoms with E-state index in [1.165, 1.54) is 0 Å². The maximum Gasteiger partial charge on any atom is 0.328 e. The molecule has 0 fully saturated rings. The molecule has 1 aromatic carbocycles. The van der Waals surface area contributed by atoms with Crippen LogP contribution in [0.5, 0.6) is 0 Å².